The van der Waals surface area contributed by atoms with Gasteiger partial charge >= 0.3 is 7.12 Å². The fourth-order valence-corrected chi connectivity index (χ4v) is 8.12. The van der Waals surface area contributed by atoms with Crippen LogP contribution in [-0.4, -0.2) is 38.2 Å². The molecule has 216 valence electrons. The van der Waals surface area contributed by atoms with Gasteiger partial charge in [-0.05, 0) is 100 Å². The molecule has 1 saturated heterocycles. The Morgan fingerprint density at radius 3 is 1.74 bits per heavy atom. The Bertz CT molecular complexity index is 1270. The van der Waals surface area contributed by atoms with Crippen LogP contribution >= 0.6 is 0 Å². The van der Waals surface area contributed by atoms with E-state index in [2.05, 4.69) is 91.8 Å². The van der Waals surface area contributed by atoms with Crippen LogP contribution in [0.4, 0.5) is 0 Å². The van der Waals surface area contributed by atoms with E-state index in [1.165, 1.54) is 34.1 Å². The Morgan fingerprint density at radius 2 is 1.33 bits per heavy atom. The largest absolute Gasteiger partial charge is 0.495 e. The maximum atomic E-state index is 12.5. The Kier molecular flexibility index (Phi) is 8.98. The number of hydrogen-bond acceptors (Lipinski definition) is 4. The van der Waals surface area contributed by atoms with Crippen molar-refractivity contribution in [3.05, 3.63) is 64.2 Å². The van der Waals surface area contributed by atoms with Gasteiger partial charge < -0.3 is 9.31 Å². The van der Waals surface area contributed by atoms with Gasteiger partial charge in [-0.3, -0.25) is 0 Å². The van der Waals surface area contributed by atoms with Gasteiger partial charge in [-0.1, -0.05) is 76.6 Å². The molecule has 0 radical (unpaired) electrons. The SMILES string of the molecule is CCC(CC)(c1ccc(CCC(C(C)(C)C)S(C)(=O)=O)c(C)c1)c1ccc(B2OC(C)(C)C(C)(C)O2)c(C)c1. The Balaban J connectivity index is 1.92. The summed E-state index contributed by atoms with van der Waals surface area (Å²) in [6, 6.07) is 13.6. The van der Waals surface area contributed by atoms with Crippen LogP contribution in [0.3, 0.4) is 0 Å². The number of hydrogen-bond donors (Lipinski definition) is 0. The van der Waals surface area contributed by atoms with Crippen LogP contribution in [0.1, 0.15) is 109 Å². The first-order valence-corrected chi connectivity index (χ1v) is 16.5. The monoisotopic (exact) mass is 554 g/mol. The van der Waals surface area contributed by atoms with E-state index in [1.54, 1.807) is 0 Å². The van der Waals surface area contributed by atoms with Crippen LogP contribution in [0, 0.1) is 19.3 Å². The molecule has 0 aromatic heterocycles. The highest BCUT2D eigenvalue weighted by atomic mass is 32.2. The molecule has 4 nitrogen and oxygen atoms in total. The number of benzene rings is 2. The number of sulfone groups is 1. The summed E-state index contributed by atoms with van der Waals surface area (Å²) < 4.78 is 37.7. The van der Waals surface area contributed by atoms with Gasteiger partial charge in [0, 0.05) is 11.7 Å². The average Bonchev–Trinajstić information content (AvgIpc) is 3.01. The third-order valence-corrected chi connectivity index (χ3v) is 11.6. The van der Waals surface area contributed by atoms with E-state index < -0.39 is 9.84 Å². The molecule has 1 heterocycles. The van der Waals surface area contributed by atoms with Crippen molar-refractivity contribution < 1.29 is 17.7 Å². The maximum absolute atomic E-state index is 12.5. The summed E-state index contributed by atoms with van der Waals surface area (Å²) in [6.07, 6.45) is 4.73. The predicted octanol–water partition coefficient (Wildman–Crippen LogP) is 7.10. The van der Waals surface area contributed by atoms with Crippen LogP contribution in [-0.2, 0) is 31.0 Å². The van der Waals surface area contributed by atoms with Gasteiger partial charge in [-0.15, -0.1) is 0 Å². The van der Waals surface area contributed by atoms with E-state index >= 15 is 0 Å². The van der Waals surface area contributed by atoms with Crippen molar-refractivity contribution in [2.24, 2.45) is 5.41 Å². The van der Waals surface area contributed by atoms with E-state index in [0.717, 1.165) is 24.7 Å². The maximum Gasteiger partial charge on any atom is 0.495 e. The third-order valence-electron chi connectivity index (χ3n) is 9.59. The molecular weight excluding hydrogens is 503 g/mol. The van der Waals surface area contributed by atoms with E-state index in [9.17, 15) is 8.42 Å². The molecule has 0 saturated carbocycles. The summed E-state index contributed by atoms with van der Waals surface area (Å²) in [5, 5.41) is -0.361. The molecule has 0 bridgehead atoms. The lowest BCUT2D eigenvalue weighted by Gasteiger charge is -2.34. The number of aryl methyl sites for hydroxylation is 3. The molecule has 1 aliphatic rings. The molecule has 0 amide bonds. The fourth-order valence-electron chi connectivity index (χ4n) is 6.29. The summed E-state index contributed by atoms with van der Waals surface area (Å²) >= 11 is 0. The molecule has 0 spiro atoms. The smallest absolute Gasteiger partial charge is 0.399 e. The summed E-state index contributed by atoms with van der Waals surface area (Å²) in [7, 11) is -3.49. The normalized spacial score (nSPS) is 18.4. The molecule has 2 aromatic carbocycles. The van der Waals surface area contributed by atoms with Crippen molar-refractivity contribution in [3.63, 3.8) is 0 Å². The van der Waals surface area contributed by atoms with Crippen molar-refractivity contribution >= 4 is 22.4 Å². The zero-order valence-electron chi connectivity index (χ0n) is 26.5. The summed E-state index contributed by atoms with van der Waals surface area (Å²) in [5.41, 5.74) is 6.21. The van der Waals surface area contributed by atoms with Crippen molar-refractivity contribution in [2.75, 3.05) is 6.26 Å². The van der Waals surface area contributed by atoms with E-state index in [4.69, 9.17) is 9.31 Å². The summed E-state index contributed by atoms with van der Waals surface area (Å²) in [5.74, 6) is 0. The van der Waals surface area contributed by atoms with Gasteiger partial charge in [0.25, 0.3) is 0 Å². The van der Waals surface area contributed by atoms with Gasteiger partial charge in [0.1, 0.15) is 0 Å². The average molecular weight is 555 g/mol. The topological polar surface area (TPSA) is 52.6 Å². The lowest BCUT2D eigenvalue weighted by Crippen LogP contribution is -2.41. The molecule has 1 aliphatic heterocycles. The van der Waals surface area contributed by atoms with Crippen molar-refractivity contribution in [1.29, 1.82) is 0 Å². The van der Waals surface area contributed by atoms with Gasteiger partial charge in [-0.25, -0.2) is 8.42 Å². The van der Waals surface area contributed by atoms with Crippen molar-refractivity contribution in [3.8, 4) is 0 Å². The first-order chi connectivity index (χ1) is 17.8. The van der Waals surface area contributed by atoms with Crippen LogP contribution in [0.25, 0.3) is 0 Å². The van der Waals surface area contributed by atoms with E-state index in [1.807, 2.05) is 20.8 Å². The van der Waals surface area contributed by atoms with Crippen LogP contribution < -0.4 is 5.46 Å². The summed E-state index contributed by atoms with van der Waals surface area (Å²) in [4.78, 5) is 0. The zero-order chi connectivity index (χ0) is 29.6. The second-order valence-corrected chi connectivity index (χ2v) is 16.0. The number of rotatable bonds is 9. The second-order valence-electron chi connectivity index (χ2n) is 13.8. The van der Waals surface area contributed by atoms with Crippen LogP contribution in [0.2, 0.25) is 0 Å². The minimum Gasteiger partial charge on any atom is -0.399 e. The molecule has 2 aromatic rings. The zero-order valence-corrected chi connectivity index (χ0v) is 27.3. The fraction of sp³-hybridized carbons (Fsp3) is 0.636. The first kappa shape index (κ1) is 31.9. The quantitative estimate of drug-likeness (QED) is 0.310. The van der Waals surface area contributed by atoms with Crippen LogP contribution in [0.15, 0.2) is 36.4 Å². The van der Waals surface area contributed by atoms with Crippen molar-refractivity contribution in [1.82, 2.24) is 0 Å². The second kappa shape index (κ2) is 11.0. The highest BCUT2D eigenvalue weighted by Crippen LogP contribution is 2.41. The molecular formula is C33H51BO4S. The minimum atomic E-state index is -3.13. The summed E-state index contributed by atoms with van der Waals surface area (Å²) in [6.45, 7) is 23.3. The van der Waals surface area contributed by atoms with Crippen molar-refractivity contribution in [2.45, 2.75) is 124 Å². The highest BCUT2D eigenvalue weighted by molar-refractivity contribution is 7.91. The molecule has 0 N–H and O–H groups in total. The molecule has 3 rings (SSSR count). The molecule has 1 atom stereocenters. The molecule has 6 heteroatoms. The Hall–Kier alpha value is -1.63. The first-order valence-electron chi connectivity index (χ1n) is 14.5. The Morgan fingerprint density at radius 1 is 0.846 bits per heavy atom. The Labute approximate surface area is 239 Å². The molecule has 0 aliphatic carbocycles. The molecule has 39 heavy (non-hydrogen) atoms. The molecule has 1 fully saturated rings. The molecule has 1 unspecified atom stereocenters. The predicted molar refractivity (Wildman–Crippen MR) is 166 cm³/mol. The third kappa shape index (κ3) is 6.33. The standard InChI is InChI=1S/C33H51BO4S/c1-13-33(14-2,27-18-19-28(24(4)22-27)34-37-31(8,9)32(10,11)38-34)26-17-15-25(23(3)21-26)16-20-29(30(5,6)7)39(12,35)36/h15,17-19,21-22,29H,13-14,16,20H2,1-12H3. The highest BCUT2D eigenvalue weighted by Gasteiger charge is 2.52. The van der Waals surface area contributed by atoms with Gasteiger partial charge in [0.2, 0.25) is 0 Å². The van der Waals surface area contributed by atoms with E-state index in [-0.39, 0.29) is 34.4 Å². The minimum absolute atomic E-state index is 0.108. The van der Waals surface area contributed by atoms with Gasteiger partial charge in [0.15, 0.2) is 9.84 Å². The lowest BCUT2D eigenvalue weighted by molar-refractivity contribution is 0.00578. The lowest BCUT2D eigenvalue weighted by atomic mass is 9.67. The van der Waals surface area contributed by atoms with Crippen LogP contribution in [0.5, 0.6) is 0 Å². The van der Waals surface area contributed by atoms with Gasteiger partial charge in [0.05, 0.1) is 16.5 Å². The van der Waals surface area contributed by atoms with E-state index in [0.29, 0.717) is 6.42 Å². The van der Waals surface area contributed by atoms with Gasteiger partial charge in [-0.2, -0.15) is 0 Å².